The summed E-state index contributed by atoms with van der Waals surface area (Å²) < 4.78 is 12.0. The Morgan fingerprint density at radius 3 is 2.52 bits per heavy atom. The number of hydrogen-bond donors (Lipinski definition) is 1. The lowest BCUT2D eigenvalue weighted by Gasteiger charge is -2.40. The third kappa shape index (κ3) is 4.57. The van der Waals surface area contributed by atoms with Gasteiger partial charge in [-0.1, -0.05) is 27.4 Å². The van der Waals surface area contributed by atoms with Crippen molar-refractivity contribution in [3.63, 3.8) is 0 Å². The standard InChI is InChI=1S/C16H27NO3Si/c1-8-14(18)17-12(2)15(13-10-9-11-19-13)20-21(6,7)16(3,4)5/h8-12,15H,1H2,2-7H3,(H,17,18)/t12-,15-/m0/s1. The summed E-state index contributed by atoms with van der Waals surface area (Å²) in [7, 11) is -1.99. The van der Waals surface area contributed by atoms with E-state index in [9.17, 15) is 4.79 Å². The second kappa shape index (κ2) is 6.62. The van der Waals surface area contributed by atoms with Crippen LogP contribution in [0.4, 0.5) is 0 Å². The first-order valence-electron chi connectivity index (χ1n) is 7.22. The van der Waals surface area contributed by atoms with Gasteiger partial charge in [-0.15, -0.1) is 0 Å². The molecule has 0 saturated carbocycles. The molecule has 0 radical (unpaired) electrons. The van der Waals surface area contributed by atoms with Crippen molar-refractivity contribution < 1.29 is 13.6 Å². The minimum Gasteiger partial charge on any atom is -0.467 e. The van der Waals surface area contributed by atoms with Crippen molar-refractivity contribution in [1.82, 2.24) is 5.32 Å². The van der Waals surface area contributed by atoms with E-state index in [-0.39, 0.29) is 23.1 Å². The van der Waals surface area contributed by atoms with Crippen LogP contribution in [0.25, 0.3) is 0 Å². The smallest absolute Gasteiger partial charge is 0.243 e. The van der Waals surface area contributed by atoms with E-state index in [0.29, 0.717) is 0 Å². The highest BCUT2D eigenvalue weighted by Crippen LogP contribution is 2.40. The van der Waals surface area contributed by atoms with Gasteiger partial charge < -0.3 is 14.2 Å². The zero-order valence-electron chi connectivity index (χ0n) is 13.9. The van der Waals surface area contributed by atoms with Gasteiger partial charge >= 0.3 is 0 Å². The summed E-state index contributed by atoms with van der Waals surface area (Å²) in [6.45, 7) is 16.3. The summed E-state index contributed by atoms with van der Waals surface area (Å²) in [5.41, 5.74) is 0. The van der Waals surface area contributed by atoms with Gasteiger partial charge in [0.05, 0.1) is 12.3 Å². The fourth-order valence-corrected chi connectivity index (χ4v) is 3.02. The molecule has 4 nitrogen and oxygen atoms in total. The maximum atomic E-state index is 11.6. The zero-order valence-corrected chi connectivity index (χ0v) is 14.9. The lowest BCUT2D eigenvalue weighted by molar-refractivity contribution is -0.117. The van der Waals surface area contributed by atoms with E-state index < -0.39 is 8.32 Å². The molecular weight excluding hydrogens is 282 g/mol. The summed E-state index contributed by atoms with van der Waals surface area (Å²) in [5, 5.41) is 2.96. The first kappa shape index (κ1) is 17.7. The van der Waals surface area contributed by atoms with E-state index in [1.165, 1.54) is 6.08 Å². The van der Waals surface area contributed by atoms with Gasteiger partial charge in [-0.05, 0) is 43.3 Å². The quantitative estimate of drug-likeness (QED) is 0.637. The fraction of sp³-hybridized carbons (Fsp3) is 0.562. The van der Waals surface area contributed by atoms with Gasteiger partial charge in [0.1, 0.15) is 11.9 Å². The number of hydrogen-bond acceptors (Lipinski definition) is 3. The minimum absolute atomic E-state index is 0.0833. The average molecular weight is 309 g/mol. The maximum absolute atomic E-state index is 11.6. The molecule has 1 heterocycles. The minimum atomic E-state index is -1.99. The highest BCUT2D eigenvalue weighted by Gasteiger charge is 2.41. The fourth-order valence-electron chi connectivity index (χ4n) is 1.71. The number of furan rings is 1. The van der Waals surface area contributed by atoms with Crippen LogP contribution in [0.15, 0.2) is 35.5 Å². The monoisotopic (exact) mass is 309 g/mol. The van der Waals surface area contributed by atoms with Crippen LogP contribution in [0.2, 0.25) is 18.1 Å². The molecular formula is C16H27NO3Si. The zero-order chi connectivity index (χ0) is 16.3. The molecule has 118 valence electrons. The topological polar surface area (TPSA) is 51.5 Å². The van der Waals surface area contributed by atoms with E-state index in [2.05, 4.69) is 45.8 Å². The van der Waals surface area contributed by atoms with Crippen LogP contribution < -0.4 is 5.32 Å². The van der Waals surface area contributed by atoms with Crippen molar-refractivity contribution >= 4 is 14.2 Å². The Hall–Kier alpha value is -1.33. The lowest BCUT2D eigenvalue weighted by Crippen LogP contribution is -2.46. The third-order valence-electron chi connectivity index (χ3n) is 4.06. The highest BCUT2D eigenvalue weighted by atomic mass is 28.4. The van der Waals surface area contributed by atoms with Gasteiger partial charge in [0.2, 0.25) is 5.91 Å². The van der Waals surface area contributed by atoms with Crippen molar-refractivity contribution in [2.24, 2.45) is 0 Å². The normalized spacial score (nSPS) is 15.3. The Kier molecular flexibility index (Phi) is 5.59. The molecule has 0 aliphatic carbocycles. The molecule has 1 amide bonds. The van der Waals surface area contributed by atoms with Crippen molar-refractivity contribution in [2.45, 2.75) is 58.0 Å². The maximum Gasteiger partial charge on any atom is 0.243 e. The number of rotatable bonds is 6. The molecule has 21 heavy (non-hydrogen) atoms. The van der Waals surface area contributed by atoms with E-state index in [0.717, 1.165) is 5.76 Å². The third-order valence-corrected chi connectivity index (χ3v) is 8.52. The number of nitrogens with one attached hydrogen (secondary N) is 1. The van der Waals surface area contributed by atoms with Gasteiger partial charge in [-0.3, -0.25) is 4.79 Å². The van der Waals surface area contributed by atoms with Crippen molar-refractivity contribution in [3.05, 3.63) is 36.8 Å². The highest BCUT2D eigenvalue weighted by molar-refractivity contribution is 6.74. The largest absolute Gasteiger partial charge is 0.467 e. The molecule has 0 unspecified atom stereocenters. The van der Waals surface area contributed by atoms with Gasteiger partial charge in [0, 0.05) is 0 Å². The number of amides is 1. The first-order valence-corrected chi connectivity index (χ1v) is 10.1. The molecule has 5 heteroatoms. The molecule has 0 bridgehead atoms. The van der Waals surface area contributed by atoms with Crippen LogP contribution in [0.5, 0.6) is 0 Å². The first-order chi connectivity index (χ1) is 9.58. The molecule has 0 saturated heterocycles. The van der Waals surface area contributed by atoms with Crippen LogP contribution in [-0.2, 0) is 9.22 Å². The Bertz CT molecular complexity index is 474. The number of carbonyl (C=O) groups is 1. The molecule has 0 aliphatic rings. The van der Waals surface area contributed by atoms with Gasteiger partial charge in [0.25, 0.3) is 0 Å². The van der Waals surface area contributed by atoms with E-state index in [4.69, 9.17) is 8.84 Å². The lowest BCUT2D eigenvalue weighted by atomic mass is 10.1. The summed E-state index contributed by atoms with van der Waals surface area (Å²) in [6, 6.07) is 3.52. The van der Waals surface area contributed by atoms with Gasteiger partial charge in [-0.25, -0.2) is 0 Å². The molecule has 0 aliphatic heterocycles. The van der Waals surface area contributed by atoms with Crippen LogP contribution in [0, 0.1) is 0 Å². The molecule has 1 aromatic rings. The Balaban J connectivity index is 2.99. The summed E-state index contributed by atoms with van der Waals surface area (Å²) in [6.07, 6.45) is 2.59. The molecule has 1 rings (SSSR count). The SMILES string of the molecule is C=CC(=O)N[C@@H](C)[C@H](O[Si](C)(C)C(C)(C)C)c1ccco1. The molecule has 1 aromatic heterocycles. The van der Waals surface area contributed by atoms with Gasteiger partial charge in [0.15, 0.2) is 8.32 Å². The molecule has 1 N–H and O–H groups in total. The van der Waals surface area contributed by atoms with E-state index in [1.54, 1.807) is 6.26 Å². The summed E-state index contributed by atoms with van der Waals surface area (Å²) >= 11 is 0. The molecule has 2 atom stereocenters. The van der Waals surface area contributed by atoms with Crippen molar-refractivity contribution in [1.29, 1.82) is 0 Å². The number of carbonyl (C=O) groups excluding carboxylic acids is 1. The molecule has 0 fully saturated rings. The van der Waals surface area contributed by atoms with Crippen molar-refractivity contribution in [2.75, 3.05) is 0 Å². The van der Waals surface area contributed by atoms with E-state index >= 15 is 0 Å². The average Bonchev–Trinajstić information content (AvgIpc) is 2.87. The predicted molar refractivity (Wildman–Crippen MR) is 87.5 cm³/mol. The second-order valence-corrected chi connectivity index (χ2v) is 11.6. The van der Waals surface area contributed by atoms with Crippen LogP contribution in [0.1, 0.15) is 39.6 Å². The van der Waals surface area contributed by atoms with Crippen molar-refractivity contribution in [3.8, 4) is 0 Å². The van der Waals surface area contributed by atoms with Crippen LogP contribution >= 0.6 is 0 Å². The predicted octanol–water partition coefficient (Wildman–Crippen LogP) is 4.03. The Morgan fingerprint density at radius 2 is 2.10 bits per heavy atom. The van der Waals surface area contributed by atoms with E-state index in [1.807, 2.05) is 19.1 Å². The summed E-state index contributed by atoms with van der Waals surface area (Å²) in [5.74, 6) is 0.523. The summed E-state index contributed by atoms with van der Waals surface area (Å²) in [4.78, 5) is 11.6. The Morgan fingerprint density at radius 1 is 1.48 bits per heavy atom. The Labute approximate surface area is 128 Å². The van der Waals surface area contributed by atoms with Gasteiger partial charge in [-0.2, -0.15) is 0 Å². The van der Waals surface area contributed by atoms with Crippen LogP contribution in [-0.4, -0.2) is 20.3 Å². The second-order valence-electron chi connectivity index (χ2n) is 6.82. The molecule has 0 aromatic carbocycles. The molecule has 0 spiro atoms. The van der Waals surface area contributed by atoms with Crippen LogP contribution in [0.3, 0.4) is 0 Å².